The Morgan fingerprint density at radius 3 is 1.46 bits per heavy atom. The summed E-state index contributed by atoms with van der Waals surface area (Å²) < 4.78 is 14.6. The molecule has 0 saturated carbocycles. The average molecular weight is 971 g/mol. The number of aryl methyl sites for hydroxylation is 1. The summed E-state index contributed by atoms with van der Waals surface area (Å²) in [5, 5.41) is 1.87. The fraction of sp³-hybridized carbons (Fsp3) is 0.0222. The maximum atomic E-state index is 6.34. The van der Waals surface area contributed by atoms with Crippen LogP contribution in [-0.2, 0) is 41.5 Å². The zero-order valence-electron chi connectivity index (χ0n) is 28.5. The summed E-state index contributed by atoms with van der Waals surface area (Å²) >= 11 is 0. The first kappa shape index (κ1) is 36.6. The maximum Gasteiger partial charge on any atom is 2.00 e. The van der Waals surface area contributed by atoms with Gasteiger partial charge in [0.25, 0.3) is 0 Å². The summed E-state index contributed by atoms with van der Waals surface area (Å²) in [7, 11) is 0. The van der Waals surface area contributed by atoms with Crippen molar-refractivity contribution in [3.63, 3.8) is 0 Å². The summed E-state index contributed by atoms with van der Waals surface area (Å²) in [5.74, 6) is 2.59. The number of aromatic nitrogens is 5. The molecule has 5 aromatic carbocycles. The molecule has 0 atom stereocenters. The van der Waals surface area contributed by atoms with E-state index < -0.39 is 0 Å². The smallest absolute Gasteiger partial charge is 0.503 e. The van der Waals surface area contributed by atoms with E-state index in [0.29, 0.717) is 28.9 Å². The SMILES string of the molecule is Cc1ccc(-c2cnc(-n3c4[c-]c(Oc5[c-]c(-c6ccccn6)ccc5)ccc4c4ccc(Oc5[c-]c(-c6ccccn6)ccc5)[c-]c43)nc2)cc1.[Pd+2].[Pt+2]. The predicted molar refractivity (Wildman–Crippen MR) is 201 cm³/mol. The summed E-state index contributed by atoms with van der Waals surface area (Å²) in [6, 6.07) is 52.8. The van der Waals surface area contributed by atoms with E-state index in [-0.39, 0.29) is 41.5 Å². The predicted octanol–water partition coefficient (Wildman–Crippen LogP) is 10.5. The van der Waals surface area contributed by atoms with Crippen LogP contribution >= 0.6 is 0 Å². The number of pyridine rings is 2. The van der Waals surface area contributed by atoms with Gasteiger partial charge in [-0.25, -0.2) is 9.97 Å². The molecule has 0 N–H and O–H groups in total. The van der Waals surface area contributed by atoms with Crippen LogP contribution < -0.4 is 9.47 Å². The van der Waals surface area contributed by atoms with Crippen LogP contribution in [0.3, 0.4) is 0 Å². The molecular formula is C45H27N5O2PdPt. The summed E-state index contributed by atoms with van der Waals surface area (Å²) in [5.41, 5.74) is 7.90. The van der Waals surface area contributed by atoms with Gasteiger partial charge in [0.05, 0.1) is 0 Å². The fourth-order valence-electron chi connectivity index (χ4n) is 6.07. The second kappa shape index (κ2) is 16.1. The second-order valence-electron chi connectivity index (χ2n) is 12.1. The van der Waals surface area contributed by atoms with E-state index in [1.165, 1.54) is 5.56 Å². The van der Waals surface area contributed by atoms with Crippen LogP contribution in [0.15, 0.2) is 146 Å². The Hall–Kier alpha value is -5.77. The Balaban J connectivity index is 0.00000225. The summed E-state index contributed by atoms with van der Waals surface area (Å²) in [6.45, 7) is 2.07. The number of ether oxygens (including phenoxy) is 2. The van der Waals surface area contributed by atoms with E-state index >= 15 is 0 Å². The Labute approximate surface area is 340 Å². The van der Waals surface area contributed by atoms with E-state index in [2.05, 4.69) is 65.4 Å². The van der Waals surface area contributed by atoms with Gasteiger partial charge in [0.15, 0.2) is 0 Å². The molecule has 264 valence electrons. The zero-order chi connectivity index (χ0) is 34.9. The molecule has 0 aliphatic rings. The Morgan fingerprint density at radius 1 is 0.481 bits per heavy atom. The fourth-order valence-corrected chi connectivity index (χ4v) is 6.07. The van der Waals surface area contributed by atoms with Crippen LogP contribution in [0.25, 0.3) is 61.4 Å². The van der Waals surface area contributed by atoms with Crippen molar-refractivity contribution in [1.29, 1.82) is 0 Å². The number of rotatable bonds is 8. The average Bonchev–Trinajstić information content (AvgIpc) is 3.52. The minimum absolute atomic E-state index is 0. The van der Waals surface area contributed by atoms with Gasteiger partial charge >= 0.3 is 41.5 Å². The van der Waals surface area contributed by atoms with Crippen LogP contribution in [-0.4, -0.2) is 24.5 Å². The monoisotopic (exact) mass is 970 g/mol. The molecule has 54 heavy (non-hydrogen) atoms. The van der Waals surface area contributed by atoms with Gasteiger partial charge < -0.3 is 24.0 Å². The second-order valence-corrected chi connectivity index (χ2v) is 12.1. The van der Waals surface area contributed by atoms with E-state index in [1.807, 2.05) is 114 Å². The maximum absolute atomic E-state index is 6.34. The van der Waals surface area contributed by atoms with Crippen LogP contribution in [0.2, 0.25) is 0 Å². The molecule has 0 aliphatic heterocycles. The van der Waals surface area contributed by atoms with Crippen molar-refractivity contribution >= 4 is 21.8 Å². The van der Waals surface area contributed by atoms with Crippen molar-refractivity contribution < 1.29 is 51.0 Å². The first-order valence-electron chi connectivity index (χ1n) is 16.7. The molecule has 0 amide bonds. The molecule has 0 unspecified atom stereocenters. The zero-order valence-corrected chi connectivity index (χ0v) is 32.4. The molecule has 4 heterocycles. The number of hydrogen-bond donors (Lipinski definition) is 0. The van der Waals surface area contributed by atoms with E-state index in [4.69, 9.17) is 19.4 Å². The van der Waals surface area contributed by atoms with Gasteiger partial charge in [-0.15, -0.1) is 71.8 Å². The summed E-state index contributed by atoms with van der Waals surface area (Å²) in [4.78, 5) is 18.6. The van der Waals surface area contributed by atoms with E-state index in [9.17, 15) is 0 Å². The molecule has 0 radical (unpaired) electrons. The minimum atomic E-state index is 0. The number of benzene rings is 5. The quantitative estimate of drug-likeness (QED) is 0.112. The third-order valence-electron chi connectivity index (χ3n) is 8.61. The Kier molecular flexibility index (Phi) is 10.9. The van der Waals surface area contributed by atoms with Crippen molar-refractivity contribution in [3.05, 3.63) is 176 Å². The molecule has 0 fully saturated rings. The standard InChI is InChI=1S/C45H27N5O2.Pd.Pt/c1-30-14-16-31(17-15-30)34-28-48-45(49-29-34)50-43-26-37(51-35-10-6-8-32(24-35)41-12-2-4-22-46-41)18-20-39(43)40-21-19-38(27-44(40)50)52-36-11-7-9-33(25-36)42-13-3-5-23-47-42;;/h2-23,28-29H,1H3;;/q-4;2*+2. The third-order valence-corrected chi connectivity index (χ3v) is 8.61. The number of nitrogens with zero attached hydrogens (tertiary/aromatic N) is 5. The normalized spacial score (nSPS) is 10.8. The third kappa shape index (κ3) is 7.51. The largest absolute Gasteiger partial charge is 2.00 e. The van der Waals surface area contributed by atoms with Gasteiger partial charge in [-0.3, -0.25) is 0 Å². The summed E-state index contributed by atoms with van der Waals surface area (Å²) in [6.07, 6.45) is 7.19. The molecule has 9 heteroatoms. The molecule has 9 aromatic rings. The number of fused-ring (bicyclic) bond motifs is 3. The van der Waals surface area contributed by atoms with Crippen molar-refractivity contribution in [2.24, 2.45) is 0 Å². The van der Waals surface area contributed by atoms with E-state index in [0.717, 1.165) is 55.4 Å². The van der Waals surface area contributed by atoms with Crippen molar-refractivity contribution in [2.75, 3.05) is 0 Å². The van der Waals surface area contributed by atoms with Crippen LogP contribution in [0.4, 0.5) is 0 Å². The van der Waals surface area contributed by atoms with Crippen LogP contribution in [0, 0.1) is 31.2 Å². The molecular weight excluding hydrogens is 944 g/mol. The molecule has 9 rings (SSSR count). The first-order chi connectivity index (χ1) is 25.6. The van der Waals surface area contributed by atoms with Gasteiger partial charge in [-0.1, -0.05) is 77.3 Å². The van der Waals surface area contributed by atoms with E-state index in [1.54, 1.807) is 12.4 Å². The van der Waals surface area contributed by atoms with Gasteiger partial charge in [0.2, 0.25) is 5.95 Å². The van der Waals surface area contributed by atoms with Gasteiger partial charge in [0.1, 0.15) is 0 Å². The van der Waals surface area contributed by atoms with Gasteiger partial charge in [0, 0.05) is 53.3 Å². The van der Waals surface area contributed by atoms with Crippen LogP contribution in [0.5, 0.6) is 23.0 Å². The molecule has 7 nitrogen and oxygen atoms in total. The van der Waals surface area contributed by atoms with Crippen molar-refractivity contribution in [2.45, 2.75) is 6.92 Å². The Morgan fingerprint density at radius 2 is 0.981 bits per heavy atom. The van der Waals surface area contributed by atoms with Crippen LogP contribution in [0.1, 0.15) is 5.56 Å². The molecule has 4 aromatic heterocycles. The molecule has 0 bridgehead atoms. The Bertz CT molecular complexity index is 2550. The topological polar surface area (TPSA) is 75.0 Å². The minimum Gasteiger partial charge on any atom is -0.503 e. The van der Waals surface area contributed by atoms with Crippen molar-refractivity contribution in [3.8, 4) is 62.6 Å². The molecule has 0 spiro atoms. The molecule has 0 saturated heterocycles. The molecule has 0 aliphatic carbocycles. The first-order valence-corrected chi connectivity index (χ1v) is 16.7. The van der Waals surface area contributed by atoms with Gasteiger partial charge in [-0.05, 0) is 36.0 Å². The van der Waals surface area contributed by atoms with Gasteiger partial charge in [-0.2, -0.15) is 22.9 Å². The number of hydrogen-bond acceptors (Lipinski definition) is 6. The van der Waals surface area contributed by atoms with Crippen molar-refractivity contribution in [1.82, 2.24) is 24.5 Å².